The summed E-state index contributed by atoms with van der Waals surface area (Å²) in [6.45, 7) is 0. The molecule has 0 amide bonds. The van der Waals surface area contributed by atoms with Gasteiger partial charge < -0.3 is 0 Å². The SMILES string of the molecule is c1ccc(-c2nc(-c3ccc(-n4c(-c5ccccc5)nc5ccccc54)cn3)nc(-c3ccc(-n4c(-c5ccncc5)nc5ccccc54)cn3)n2)cc1. The van der Waals surface area contributed by atoms with Crippen molar-refractivity contribution in [1.29, 1.82) is 0 Å². The first-order chi connectivity index (χ1) is 26.8. The van der Waals surface area contributed by atoms with Crippen molar-refractivity contribution in [1.82, 2.24) is 49.0 Å². The zero-order chi connectivity index (χ0) is 35.8. The van der Waals surface area contributed by atoms with E-state index in [2.05, 4.69) is 38.4 Å². The van der Waals surface area contributed by atoms with Crippen LogP contribution in [0.25, 0.3) is 90.6 Å². The predicted molar refractivity (Wildman–Crippen MR) is 210 cm³/mol. The Morgan fingerprint density at radius 1 is 0.352 bits per heavy atom. The first-order valence-corrected chi connectivity index (χ1v) is 17.4. The number of benzene rings is 4. The zero-order valence-corrected chi connectivity index (χ0v) is 28.6. The van der Waals surface area contributed by atoms with Crippen LogP contribution in [0.4, 0.5) is 0 Å². The first-order valence-electron chi connectivity index (χ1n) is 17.4. The van der Waals surface area contributed by atoms with Crippen LogP contribution in [0, 0.1) is 0 Å². The maximum absolute atomic E-state index is 4.98. The quantitative estimate of drug-likeness (QED) is 0.162. The number of hydrogen-bond acceptors (Lipinski definition) is 8. The number of pyridine rings is 3. The van der Waals surface area contributed by atoms with Crippen LogP contribution in [0.15, 0.2) is 170 Å². The third-order valence-electron chi connectivity index (χ3n) is 9.23. The molecule has 0 atom stereocenters. The van der Waals surface area contributed by atoms with Crippen LogP contribution >= 0.6 is 0 Å². The van der Waals surface area contributed by atoms with Crippen molar-refractivity contribution < 1.29 is 0 Å². The Morgan fingerprint density at radius 3 is 1.30 bits per heavy atom. The summed E-state index contributed by atoms with van der Waals surface area (Å²) in [7, 11) is 0. The van der Waals surface area contributed by atoms with Gasteiger partial charge in [-0.15, -0.1) is 0 Å². The van der Waals surface area contributed by atoms with Gasteiger partial charge in [-0.1, -0.05) is 84.9 Å². The largest absolute Gasteiger partial charge is 0.291 e. The molecule has 0 saturated carbocycles. The fourth-order valence-electron chi connectivity index (χ4n) is 6.67. The Bertz CT molecular complexity index is 2730. The van der Waals surface area contributed by atoms with E-state index < -0.39 is 0 Å². The lowest BCUT2D eigenvalue weighted by atomic mass is 10.2. The molecule has 0 aliphatic carbocycles. The zero-order valence-electron chi connectivity index (χ0n) is 28.6. The molecule has 6 heterocycles. The highest BCUT2D eigenvalue weighted by atomic mass is 15.1. The molecule has 0 bridgehead atoms. The van der Waals surface area contributed by atoms with Crippen LogP contribution in [-0.2, 0) is 0 Å². The maximum atomic E-state index is 4.98. The average Bonchev–Trinajstić information content (AvgIpc) is 3.84. The van der Waals surface area contributed by atoms with Gasteiger partial charge in [0.05, 0.1) is 45.8 Å². The summed E-state index contributed by atoms with van der Waals surface area (Å²) in [6.07, 6.45) is 7.21. The average molecular weight is 697 g/mol. The minimum Gasteiger partial charge on any atom is -0.291 e. The molecule has 0 spiro atoms. The molecule has 0 aliphatic rings. The molecule has 4 aromatic carbocycles. The molecule has 54 heavy (non-hydrogen) atoms. The van der Waals surface area contributed by atoms with Crippen molar-refractivity contribution in [2.24, 2.45) is 0 Å². The monoisotopic (exact) mass is 696 g/mol. The number of hydrogen-bond donors (Lipinski definition) is 0. The molecule has 0 radical (unpaired) electrons. The minimum atomic E-state index is 0.438. The molecule has 10 rings (SSSR count). The van der Waals surface area contributed by atoms with Gasteiger partial charge >= 0.3 is 0 Å². The van der Waals surface area contributed by atoms with Crippen molar-refractivity contribution >= 4 is 22.1 Å². The van der Waals surface area contributed by atoms with E-state index >= 15 is 0 Å². The molecule has 0 fully saturated rings. The summed E-state index contributed by atoms with van der Waals surface area (Å²) in [5.74, 6) is 3.05. The van der Waals surface area contributed by atoms with Gasteiger partial charge in [0.15, 0.2) is 17.5 Å². The Kier molecular flexibility index (Phi) is 7.54. The predicted octanol–water partition coefficient (Wildman–Crippen LogP) is 9.07. The second-order valence-corrected chi connectivity index (χ2v) is 12.6. The van der Waals surface area contributed by atoms with E-state index in [1.807, 2.05) is 134 Å². The van der Waals surface area contributed by atoms with Crippen LogP contribution in [0.2, 0.25) is 0 Å². The summed E-state index contributed by atoms with van der Waals surface area (Å²) in [6, 6.07) is 48.0. The highest BCUT2D eigenvalue weighted by molar-refractivity contribution is 5.84. The highest BCUT2D eigenvalue weighted by Gasteiger charge is 2.19. The molecule has 10 nitrogen and oxygen atoms in total. The molecule has 0 unspecified atom stereocenters. The van der Waals surface area contributed by atoms with Gasteiger partial charge in [-0.3, -0.25) is 24.1 Å². The molecule has 254 valence electrons. The van der Waals surface area contributed by atoms with Crippen molar-refractivity contribution in [3.05, 3.63) is 170 Å². The third kappa shape index (κ3) is 5.55. The summed E-state index contributed by atoms with van der Waals surface area (Å²) in [4.78, 5) is 38.6. The number of rotatable bonds is 7. The molecule has 6 aromatic heterocycles. The minimum absolute atomic E-state index is 0.438. The van der Waals surface area contributed by atoms with Gasteiger partial charge in [-0.2, -0.15) is 0 Å². The number of fused-ring (bicyclic) bond motifs is 2. The van der Waals surface area contributed by atoms with Gasteiger partial charge in [0.25, 0.3) is 0 Å². The molecule has 10 heteroatoms. The summed E-state index contributed by atoms with van der Waals surface area (Å²) in [5.41, 5.74) is 9.53. The molecule has 0 aliphatic heterocycles. The topological polar surface area (TPSA) is 113 Å². The van der Waals surface area contributed by atoms with E-state index in [-0.39, 0.29) is 0 Å². The molecular weight excluding hydrogens is 669 g/mol. The van der Waals surface area contributed by atoms with E-state index in [9.17, 15) is 0 Å². The number of nitrogens with zero attached hydrogens (tertiary/aromatic N) is 10. The van der Waals surface area contributed by atoms with Crippen molar-refractivity contribution in [3.63, 3.8) is 0 Å². The summed E-state index contributed by atoms with van der Waals surface area (Å²) >= 11 is 0. The molecule has 0 N–H and O–H groups in total. The molecule has 10 aromatic rings. The fraction of sp³-hybridized carbons (Fsp3) is 0. The maximum Gasteiger partial charge on any atom is 0.182 e. The second kappa shape index (κ2) is 13.1. The number of aromatic nitrogens is 10. The van der Waals surface area contributed by atoms with Crippen LogP contribution in [-0.4, -0.2) is 49.0 Å². The lowest BCUT2D eigenvalue weighted by Gasteiger charge is -2.11. The highest BCUT2D eigenvalue weighted by Crippen LogP contribution is 2.31. The van der Waals surface area contributed by atoms with Gasteiger partial charge in [-0.25, -0.2) is 24.9 Å². The lowest BCUT2D eigenvalue weighted by molar-refractivity contribution is 1.03. The van der Waals surface area contributed by atoms with Gasteiger partial charge in [0, 0.05) is 29.1 Å². The van der Waals surface area contributed by atoms with Crippen molar-refractivity contribution in [2.75, 3.05) is 0 Å². The Morgan fingerprint density at radius 2 is 0.796 bits per heavy atom. The van der Waals surface area contributed by atoms with Crippen LogP contribution in [0.1, 0.15) is 0 Å². The van der Waals surface area contributed by atoms with E-state index in [0.717, 1.165) is 61.8 Å². The third-order valence-corrected chi connectivity index (χ3v) is 9.23. The van der Waals surface area contributed by atoms with Gasteiger partial charge in [0.2, 0.25) is 0 Å². The smallest absolute Gasteiger partial charge is 0.182 e. The number of para-hydroxylation sites is 4. The lowest BCUT2D eigenvalue weighted by Crippen LogP contribution is -2.04. The van der Waals surface area contributed by atoms with Crippen LogP contribution in [0.3, 0.4) is 0 Å². The van der Waals surface area contributed by atoms with Gasteiger partial charge in [0.1, 0.15) is 23.0 Å². The Hall–Kier alpha value is -7.72. The van der Waals surface area contributed by atoms with Gasteiger partial charge in [-0.05, 0) is 60.7 Å². The Labute approximate surface area is 309 Å². The normalized spacial score (nSPS) is 11.3. The Balaban J connectivity index is 1.06. The van der Waals surface area contributed by atoms with Crippen molar-refractivity contribution in [2.45, 2.75) is 0 Å². The van der Waals surface area contributed by atoms with E-state index in [1.165, 1.54) is 0 Å². The fourth-order valence-corrected chi connectivity index (χ4v) is 6.67. The summed E-state index contributed by atoms with van der Waals surface area (Å²) < 4.78 is 4.23. The molecular formula is C44H28N10. The van der Waals surface area contributed by atoms with E-state index in [1.54, 1.807) is 12.4 Å². The van der Waals surface area contributed by atoms with Crippen LogP contribution < -0.4 is 0 Å². The summed E-state index contributed by atoms with van der Waals surface area (Å²) in [5, 5.41) is 0. The number of imidazole rings is 2. The molecule has 0 saturated heterocycles. The standard InChI is InChI=1S/C44H28N10/c1-3-11-29(12-4-1)40-50-41(36-21-19-32(27-46-36)53-38-17-9-7-15-34(38)48-43(53)30-13-5-2-6-14-30)52-42(51-40)37-22-20-33(28-47-37)54-39-18-10-8-16-35(39)49-44(54)31-23-25-45-26-24-31/h1-28H. The first kappa shape index (κ1) is 31.1. The van der Waals surface area contributed by atoms with Crippen LogP contribution in [0.5, 0.6) is 0 Å². The second-order valence-electron chi connectivity index (χ2n) is 12.6. The van der Waals surface area contributed by atoms with E-state index in [0.29, 0.717) is 28.9 Å². The van der Waals surface area contributed by atoms with E-state index in [4.69, 9.17) is 34.9 Å². The van der Waals surface area contributed by atoms with Crippen molar-refractivity contribution in [3.8, 4) is 68.6 Å².